The number of carbonyl (C=O) groups is 1. The van der Waals surface area contributed by atoms with Gasteiger partial charge in [0.2, 0.25) is 15.9 Å². The average molecular weight is 396 g/mol. The maximum absolute atomic E-state index is 13.1. The highest BCUT2D eigenvalue weighted by molar-refractivity contribution is 7.89. The van der Waals surface area contributed by atoms with Crippen molar-refractivity contribution < 1.29 is 30.8 Å². The molecule has 1 atom stereocenters. The summed E-state index contributed by atoms with van der Waals surface area (Å²) in [6.45, 7) is 3.29. The Morgan fingerprint density at radius 2 is 2.00 bits per heavy atom. The summed E-state index contributed by atoms with van der Waals surface area (Å²) >= 11 is 0. The summed E-state index contributed by atoms with van der Waals surface area (Å²) in [6, 6.07) is 1.25. The Bertz CT molecular complexity index is 778. The van der Waals surface area contributed by atoms with Crippen LogP contribution >= 0.6 is 0 Å². The molecule has 1 aromatic carbocycles. The molecule has 26 heavy (non-hydrogen) atoms. The fraction of sp³-hybridized carbons (Fsp3) is 0.562. The highest BCUT2D eigenvalue weighted by atomic mass is 32.2. The lowest BCUT2D eigenvalue weighted by atomic mass is 10.1. The number of hydrogen-bond acceptors (Lipinski definition) is 3. The van der Waals surface area contributed by atoms with Crippen LogP contribution in [-0.4, -0.2) is 37.0 Å². The predicted octanol–water partition coefficient (Wildman–Crippen LogP) is 2.52. The Morgan fingerprint density at radius 3 is 2.58 bits per heavy atom. The van der Waals surface area contributed by atoms with Crippen LogP contribution in [0.1, 0.15) is 31.4 Å². The standard InChI is InChI=1S/C16H20F4N2O3S/c1-10(2)9-22-14(5-6-26(22,24)25)15(23)21-8-11-3-4-12(17)7-13(11)16(18,19)20/h3-4,7,10,14H,5-6,8-9H2,1-2H3,(H,21,23). The van der Waals surface area contributed by atoms with Gasteiger partial charge in [-0.05, 0) is 30.0 Å². The van der Waals surface area contributed by atoms with Crippen molar-refractivity contribution in [3.05, 3.63) is 35.1 Å². The van der Waals surface area contributed by atoms with Crippen molar-refractivity contribution in [3.63, 3.8) is 0 Å². The summed E-state index contributed by atoms with van der Waals surface area (Å²) in [5, 5.41) is 2.35. The lowest BCUT2D eigenvalue weighted by molar-refractivity contribution is -0.138. The molecule has 1 aliphatic rings. The summed E-state index contributed by atoms with van der Waals surface area (Å²) < 4.78 is 77.3. The van der Waals surface area contributed by atoms with E-state index in [-0.39, 0.29) is 30.2 Å². The van der Waals surface area contributed by atoms with Gasteiger partial charge >= 0.3 is 6.18 Å². The maximum atomic E-state index is 13.1. The number of carbonyl (C=O) groups excluding carboxylic acids is 1. The van der Waals surface area contributed by atoms with Gasteiger partial charge in [-0.2, -0.15) is 17.5 Å². The molecular formula is C16H20F4N2O3S. The van der Waals surface area contributed by atoms with Crippen molar-refractivity contribution in [3.8, 4) is 0 Å². The van der Waals surface area contributed by atoms with E-state index in [1.54, 1.807) is 13.8 Å². The first kappa shape index (κ1) is 20.6. The van der Waals surface area contributed by atoms with E-state index in [1.807, 2.05) is 0 Å². The topological polar surface area (TPSA) is 66.5 Å². The summed E-state index contributed by atoms with van der Waals surface area (Å²) in [6.07, 6.45) is -4.68. The van der Waals surface area contributed by atoms with E-state index in [2.05, 4.69) is 5.32 Å². The molecule has 5 nitrogen and oxygen atoms in total. The molecule has 0 radical (unpaired) electrons. The molecule has 0 bridgehead atoms. The number of nitrogens with one attached hydrogen (secondary N) is 1. The fourth-order valence-corrected chi connectivity index (χ4v) is 4.71. The van der Waals surface area contributed by atoms with Crippen molar-refractivity contribution in [2.45, 2.75) is 39.0 Å². The van der Waals surface area contributed by atoms with Crippen LogP contribution in [0, 0.1) is 11.7 Å². The highest BCUT2D eigenvalue weighted by Gasteiger charge is 2.41. The third-order valence-corrected chi connectivity index (χ3v) is 5.90. The van der Waals surface area contributed by atoms with Crippen LogP contribution in [0.25, 0.3) is 0 Å². The lowest BCUT2D eigenvalue weighted by Crippen LogP contribution is -2.45. The third-order valence-electron chi connectivity index (χ3n) is 4.03. The zero-order chi connectivity index (χ0) is 19.7. The van der Waals surface area contributed by atoms with Gasteiger partial charge in [-0.1, -0.05) is 19.9 Å². The molecule has 1 N–H and O–H groups in total. The van der Waals surface area contributed by atoms with E-state index < -0.39 is 46.1 Å². The van der Waals surface area contributed by atoms with Crippen LogP contribution < -0.4 is 5.32 Å². The third kappa shape index (κ3) is 4.73. The van der Waals surface area contributed by atoms with Crippen molar-refractivity contribution in [2.75, 3.05) is 12.3 Å². The van der Waals surface area contributed by atoms with E-state index in [1.165, 1.54) is 0 Å². The summed E-state index contributed by atoms with van der Waals surface area (Å²) in [5.74, 6) is -1.88. The van der Waals surface area contributed by atoms with Gasteiger partial charge in [0, 0.05) is 13.1 Å². The Morgan fingerprint density at radius 1 is 1.35 bits per heavy atom. The van der Waals surface area contributed by atoms with Crippen molar-refractivity contribution in [1.29, 1.82) is 0 Å². The van der Waals surface area contributed by atoms with E-state index in [4.69, 9.17) is 0 Å². The van der Waals surface area contributed by atoms with Gasteiger partial charge in [0.15, 0.2) is 0 Å². The Hall–Kier alpha value is -1.68. The van der Waals surface area contributed by atoms with Crippen LogP contribution in [0.2, 0.25) is 0 Å². The first-order valence-corrected chi connectivity index (χ1v) is 9.65. The number of hydrogen-bond donors (Lipinski definition) is 1. The first-order valence-electron chi connectivity index (χ1n) is 8.04. The monoisotopic (exact) mass is 396 g/mol. The van der Waals surface area contributed by atoms with Crippen LogP contribution in [0.15, 0.2) is 18.2 Å². The second kappa shape index (κ2) is 7.51. The number of halogens is 4. The zero-order valence-electron chi connectivity index (χ0n) is 14.3. The normalized spacial score (nSPS) is 20.5. The minimum absolute atomic E-state index is 0.00731. The second-order valence-corrected chi connectivity index (χ2v) is 8.64. The number of amides is 1. The molecule has 146 valence electrons. The molecule has 1 unspecified atom stereocenters. The van der Waals surface area contributed by atoms with Gasteiger partial charge in [-0.25, -0.2) is 12.8 Å². The maximum Gasteiger partial charge on any atom is 0.416 e. The largest absolute Gasteiger partial charge is 0.416 e. The zero-order valence-corrected chi connectivity index (χ0v) is 15.1. The quantitative estimate of drug-likeness (QED) is 0.778. The molecule has 0 aromatic heterocycles. The van der Waals surface area contributed by atoms with Gasteiger partial charge in [-0.3, -0.25) is 4.79 Å². The molecule has 2 rings (SSSR count). The molecule has 1 fully saturated rings. The smallest absolute Gasteiger partial charge is 0.351 e. The van der Waals surface area contributed by atoms with Gasteiger partial charge < -0.3 is 5.32 Å². The molecule has 1 heterocycles. The molecule has 1 saturated heterocycles. The Labute approximate surface area is 149 Å². The van der Waals surface area contributed by atoms with E-state index in [0.29, 0.717) is 6.07 Å². The van der Waals surface area contributed by atoms with Gasteiger partial charge in [0.25, 0.3) is 0 Å². The van der Waals surface area contributed by atoms with E-state index in [0.717, 1.165) is 16.4 Å². The molecule has 10 heteroatoms. The predicted molar refractivity (Wildman–Crippen MR) is 87.0 cm³/mol. The Balaban J connectivity index is 2.14. The van der Waals surface area contributed by atoms with Crippen molar-refractivity contribution in [1.82, 2.24) is 9.62 Å². The van der Waals surface area contributed by atoms with Crippen LogP contribution in [0.4, 0.5) is 17.6 Å². The molecule has 0 spiro atoms. The van der Waals surface area contributed by atoms with E-state index in [9.17, 15) is 30.8 Å². The molecule has 1 aliphatic heterocycles. The number of sulfonamides is 1. The van der Waals surface area contributed by atoms with Crippen LogP contribution in [0.3, 0.4) is 0 Å². The fourth-order valence-electron chi connectivity index (χ4n) is 2.85. The van der Waals surface area contributed by atoms with Crippen molar-refractivity contribution >= 4 is 15.9 Å². The highest BCUT2D eigenvalue weighted by Crippen LogP contribution is 2.32. The first-order chi connectivity index (χ1) is 11.9. The summed E-state index contributed by atoms with van der Waals surface area (Å²) in [5.41, 5.74) is -1.46. The summed E-state index contributed by atoms with van der Waals surface area (Å²) in [7, 11) is -3.55. The molecule has 1 aromatic rings. The van der Waals surface area contributed by atoms with E-state index >= 15 is 0 Å². The number of alkyl halides is 3. The summed E-state index contributed by atoms with van der Waals surface area (Å²) in [4.78, 5) is 12.4. The molecule has 1 amide bonds. The van der Waals surface area contributed by atoms with Gasteiger partial charge in [0.1, 0.15) is 11.9 Å². The van der Waals surface area contributed by atoms with Crippen LogP contribution in [-0.2, 0) is 27.5 Å². The minimum atomic E-state index is -4.76. The number of benzene rings is 1. The second-order valence-electron chi connectivity index (χ2n) is 6.60. The van der Waals surface area contributed by atoms with Gasteiger partial charge in [0.05, 0.1) is 11.3 Å². The number of rotatable bonds is 5. The van der Waals surface area contributed by atoms with Crippen molar-refractivity contribution in [2.24, 2.45) is 5.92 Å². The minimum Gasteiger partial charge on any atom is -0.351 e. The molecule has 0 aliphatic carbocycles. The molecular weight excluding hydrogens is 376 g/mol. The SMILES string of the molecule is CC(C)CN1C(C(=O)NCc2ccc(F)cc2C(F)(F)F)CCS1(=O)=O. The lowest BCUT2D eigenvalue weighted by Gasteiger charge is -2.24. The Kier molecular flexibility index (Phi) is 5.96. The average Bonchev–Trinajstić information content (AvgIpc) is 2.79. The molecule has 0 saturated carbocycles. The van der Waals surface area contributed by atoms with Gasteiger partial charge in [-0.15, -0.1) is 0 Å². The van der Waals surface area contributed by atoms with Crippen LogP contribution in [0.5, 0.6) is 0 Å². The number of nitrogens with zero attached hydrogens (tertiary/aromatic N) is 1.